The summed E-state index contributed by atoms with van der Waals surface area (Å²) >= 11 is 0. The molecule has 1 aromatic carbocycles. The minimum atomic E-state index is -0.437. The van der Waals surface area contributed by atoms with Crippen molar-refractivity contribution in [3.63, 3.8) is 0 Å². The van der Waals surface area contributed by atoms with Crippen LogP contribution in [0.4, 0.5) is 0 Å². The Bertz CT molecular complexity index is 1160. The third-order valence-electron chi connectivity index (χ3n) is 7.83. The van der Waals surface area contributed by atoms with Crippen molar-refractivity contribution in [3.8, 4) is 5.75 Å². The van der Waals surface area contributed by atoms with Crippen LogP contribution in [0.25, 0.3) is 0 Å². The molecule has 8 nitrogen and oxygen atoms in total. The Hall–Kier alpha value is -3.42. The van der Waals surface area contributed by atoms with E-state index in [0.717, 1.165) is 23.3 Å². The molecular weight excluding hydrogens is 454 g/mol. The van der Waals surface area contributed by atoms with E-state index in [2.05, 4.69) is 15.6 Å². The number of rotatable bonds is 6. The van der Waals surface area contributed by atoms with E-state index in [4.69, 9.17) is 10.1 Å². The van der Waals surface area contributed by atoms with Crippen molar-refractivity contribution in [2.75, 3.05) is 0 Å². The largest absolute Gasteiger partial charge is 0.487 e. The summed E-state index contributed by atoms with van der Waals surface area (Å²) in [6, 6.07) is 11.1. The van der Waals surface area contributed by atoms with Crippen LogP contribution in [0.1, 0.15) is 76.6 Å². The molecule has 1 aliphatic carbocycles. The van der Waals surface area contributed by atoms with Crippen LogP contribution in [-0.4, -0.2) is 38.8 Å². The number of carbonyl (C=O) groups is 2. The van der Waals surface area contributed by atoms with Crippen molar-refractivity contribution in [2.24, 2.45) is 11.8 Å². The van der Waals surface area contributed by atoms with Crippen molar-refractivity contribution < 1.29 is 14.3 Å². The first kappa shape index (κ1) is 24.3. The van der Waals surface area contributed by atoms with E-state index in [1.807, 2.05) is 64.1 Å². The zero-order valence-corrected chi connectivity index (χ0v) is 21.4. The number of hydrogen-bond acceptors (Lipinski definition) is 5. The fraction of sp³-hybridized carbons (Fsp3) is 0.500. The molecule has 1 saturated heterocycles. The molecule has 2 aliphatic heterocycles. The van der Waals surface area contributed by atoms with Gasteiger partial charge < -0.3 is 15.4 Å². The quantitative estimate of drug-likeness (QED) is 0.566. The van der Waals surface area contributed by atoms with Crippen molar-refractivity contribution in [1.29, 1.82) is 5.41 Å². The van der Waals surface area contributed by atoms with E-state index in [-0.39, 0.29) is 41.3 Å². The van der Waals surface area contributed by atoms with Gasteiger partial charge in [-0.3, -0.25) is 24.9 Å². The number of aromatic nitrogens is 1. The number of carbonyl (C=O) groups excluding carboxylic acids is 2. The molecule has 3 heterocycles. The fourth-order valence-corrected chi connectivity index (χ4v) is 5.66. The molecule has 1 aromatic heterocycles. The van der Waals surface area contributed by atoms with Gasteiger partial charge >= 0.3 is 0 Å². The first-order valence-electron chi connectivity index (χ1n) is 12.8. The minimum absolute atomic E-state index is 0.0197. The molecule has 2 amide bonds. The van der Waals surface area contributed by atoms with Crippen LogP contribution in [0, 0.1) is 17.2 Å². The summed E-state index contributed by atoms with van der Waals surface area (Å²) in [5.41, 5.74) is 1.01. The average molecular weight is 490 g/mol. The lowest BCUT2D eigenvalue weighted by molar-refractivity contribution is -0.133. The summed E-state index contributed by atoms with van der Waals surface area (Å²) in [4.78, 5) is 32.6. The van der Waals surface area contributed by atoms with E-state index in [1.54, 1.807) is 17.3 Å². The van der Waals surface area contributed by atoms with E-state index in [1.165, 1.54) is 0 Å². The number of fused-ring (bicyclic) bond motifs is 1. The molecular formula is C28H35N5O3. The summed E-state index contributed by atoms with van der Waals surface area (Å²) in [7, 11) is 0. The van der Waals surface area contributed by atoms with Crippen molar-refractivity contribution in [1.82, 2.24) is 20.5 Å². The van der Waals surface area contributed by atoms with Crippen LogP contribution in [0.2, 0.25) is 0 Å². The Kier molecular flexibility index (Phi) is 6.01. The Morgan fingerprint density at radius 2 is 2.06 bits per heavy atom. The van der Waals surface area contributed by atoms with Crippen molar-refractivity contribution >= 4 is 17.8 Å². The smallest absolute Gasteiger partial charge is 0.232 e. The predicted molar refractivity (Wildman–Crippen MR) is 136 cm³/mol. The second-order valence-corrected chi connectivity index (χ2v) is 11.2. The summed E-state index contributed by atoms with van der Waals surface area (Å²) in [5.74, 6) is 0.451. The number of para-hydroxylation sites is 1. The zero-order valence-electron chi connectivity index (χ0n) is 21.4. The summed E-state index contributed by atoms with van der Waals surface area (Å²) in [5, 5.41) is 15.2. The Morgan fingerprint density at radius 1 is 1.28 bits per heavy atom. The third-order valence-corrected chi connectivity index (χ3v) is 7.83. The number of pyridine rings is 1. The molecule has 3 aliphatic rings. The maximum Gasteiger partial charge on any atom is 0.232 e. The minimum Gasteiger partial charge on any atom is -0.487 e. The number of hydrogen-bond donors (Lipinski definition) is 3. The molecule has 0 spiro atoms. The third kappa shape index (κ3) is 4.56. The molecule has 36 heavy (non-hydrogen) atoms. The molecule has 2 fully saturated rings. The topological polar surface area (TPSA) is 107 Å². The molecule has 5 atom stereocenters. The van der Waals surface area contributed by atoms with Crippen LogP contribution in [0.3, 0.4) is 0 Å². The number of nitrogens with one attached hydrogen (secondary N) is 3. The summed E-state index contributed by atoms with van der Waals surface area (Å²) in [6.07, 6.45) is 5.81. The van der Waals surface area contributed by atoms with Gasteiger partial charge in [-0.15, -0.1) is 0 Å². The lowest BCUT2D eigenvalue weighted by Gasteiger charge is -2.43. The van der Waals surface area contributed by atoms with Crippen molar-refractivity contribution in [2.45, 2.75) is 76.6 Å². The molecule has 0 bridgehead atoms. The van der Waals surface area contributed by atoms with Gasteiger partial charge in [0.15, 0.2) is 5.96 Å². The van der Waals surface area contributed by atoms with E-state index < -0.39 is 11.6 Å². The average Bonchev–Trinajstić information content (AvgIpc) is 3.62. The van der Waals surface area contributed by atoms with Crippen LogP contribution < -0.4 is 15.4 Å². The predicted octanol–water partition coefficient (Wildman–Crippen LogP) is 4.10. The summed E-state index contributed by atoms with van der Waals surface area (Å²) < 4.78 is 6.12. The highest BCUT2D eigenvalue weighted by atomic mass is 16.5. The first-order chi connectivity index (χ1) is 17.1. The molecule has 0 radical (unpaired) electrons. The van der Waals surface area contributed by atoms with Gasteiger partial charge in [0.25, 0.3) is 0 Å². The normalized spacial score (nSPS) is 29.4. The molecule has 8 heteroatoms. The standard InChI is InChI=1S/C28H35N5O3/c1-5-28(4)15-23(34)33(26(29)32-28)24(17-9-8-12-30-16-17)19-13-20(19)25(35)31-21-14-27(2,3)36-22-11-7-6-10-18(21)22/h6-12,16,19-21,24H,5,13-15H2,1-4H3,(H2,29,32)(H,31,35)/t19?,20-,21+,24-,28-/m1/s1. The van der Waals surface area contributed by atoms with Crippen LogP contribution in [-0.2, 0) is 9.59 Å². The highest BCUT2D eigenvalue weighted by Gasteiger charge is 2.54. The Labute approximate surface area is 212 Å². The number of amides is 2. The molecule has 1 unspecified atom stereocenters. The fourth-order valence-electron chi connectivity index (χ4n) is 5.66. The monoisotopic (exact) mass is 489 g/mol. The second-order valence-electron chi connectivity index (χ2n) is 11.2. The second kappa shape index (κ2) is 8.91. The Morgan fingerprint density at radius 3 is 2.75 bits per heavy atom. The van der Waals surface area contributed by atoms with Gasteiger partial charge in [-0.25, -0.2) is 0 Å². The van der Waals surface area contributed by atoms with Gasteiger partial charge in [-0.1, -0.05) is 31.2 Å². The molecule has 3 N–H and O–H groups in total. The van der Waals surface area contributed by atoms with Gasteiger partial charge in [-0.05, 0) is 57.2 Å². The van der Waals surface area contributed by atoms with Gasteiger partial charge in [-0.2, -0.15) is 0 Å². The van der Waals surface area contributed by atoms with Gasteiger partial charge in [0, 0.05) is 35.8 Å². The number of guanidine groups is 1. The van der Waals surface area contributed by atoms with Gasteiger partial charge in [0.2, 0.25) is 11.8 Å². The van der Waals surface area contributed by atoms with Crippen LogP contribution in [0.5, 0.6) is 5.75 Å². The molecule has 2 aromatic rings. The van der Waals surface area contributed by atoms with E-state index in [0.29, 0.717) is 19.3 Å². The van der Waals surface area contributed by atoms with Gasteiger partial charge in [0.1, 0.15) is 11.4 Å². The van der Waals surface area contributed by atoms with Crippen molar-refractivity contribution in [3.05, 3.63) is 59.9 Å². The Balaban J connectivity index is 1.37. The van der Waals surface area contributed by atoms with Crippen LogP contribution >= 0.6 is 0 Å². The lowest BCUT2D eigenvalue weighted by Crippen LogP contribution is -2.61. The highest BCUT2D eigenvalue weighted by molar-refractivity contribution is 5.99. The highest BCUT2D eigenvalue weighted by Crippen LogP contribution is 2.51. The lowest BCUT2D eigenvalue weighted by atomic mass is 9.89. The number of nitrogens with zero attached hydrogens (tertiary/aromatic N) is 2. The molecule has 5 rings (SSSR count). The van der Waals surface area contributed by atoms with E-state index in [9.17, 15) is 9.59 Å². The van der Waals surface area contributed by atoms with Crippen LogP contribution in [0.15, 0.2) is 48.8 Å². The molecule has 1 saturated carbocycles. The van der Waals surface area contributed by atoms with E-state index >= 15 is 0 Å². The number of ether oxygens (including phenoxy) is 1. The number of benzene rings is 1. The SMILES string of the molecule is CC[C@]1(C)CC(=O)N([C@H](c2cccnc2)C2C[C@H]2C(=O)N[C@H]2CC(C)(C)Oc3ccccc32)C(=N)N1. The molecule has 190 valence electrons. The maximum atomic E-state index is 13.5. The first-order valence-corrected chi connectivity index (χ1v) is 12.8. The zero-order chi connectivity index (χ0) is 25.7. The maximum absolute atomic E-state index is 13.5. The summed E-state index contributed by atoms with van der Waals surface area (Å²) in [6.45, 7) is 8.05. The van der Waals surface area contributed by atoms with Gasteiger partial charge in [0.05, 0.1) is 18.5 Å².